The predicted molar refractivity (Wildman–Crippen MR) is 120 cm³/mol. The first-order chi connectivity index (χ1) is 16.4. The number of nitrogens with one attached hydrogen (secondary N) is 2. The number of carbonyl (C=O) groups excluding carboxylic acids is 2. The fraction of sp³-hybridized carbons (Fsp3) is 0.200. The molecule has 0 spiro atoms. The van der Waals surface area contributed by atoms with Crippen molar-refractivity contribution >= 4 is 17.5 Å². The van der Waals surface area contributed by atoms with E-state index in [-0.39, 0.29) is 29.9 Å². The predicted octanol–water partition coefficient (Wildman–Crippen LogP) is 4.17. The summed E-state index contributed by atoms with van der Waals surface area (Å²) in [7, 11) is 1.34. The van der Waals surface area contributed by atoms with Gasteiger partial charge in [-0.15, -0.1) is 0 Å². The smallest absolute Gasteiger partial charge is 0.387 e. The van der Waals surface area contributed by atoms with Gasteiger partial charge in [-0.3, -0.25) is 9.59 Å². The van der Waals surface area contributed by atoms with Gasteiger partial charge in [-0.2, -0.15) is 8.78 Å². The number of amides is 2. The van der Waals surface area contributed by atoms with Crippen LogP contribution in [0.2, 0.25) is 0 Å². The largest absolute Gasteiger partial charge is 0.493 e. The van der Waals surface area contributed by atoms with Crippen molar-refractivity contribution < 1.29 is 32.6 Å². The van der Waals surface area contributed by atoms with E-state index in [0.717, 1.165) is 5.56 Å². The maximum atomic E-state index is 12.6. The highest BCUT2D eigenvalue weighted by atomic mass is 19.3. The molecule has 34 heavy (non-hydrogen) atoms. The first-order valence-corrected chi connectivity index (χ1v) is 10.5. The SMILES string of the molecule is COc1cc(CNC(=O)c2cccc(NC(=O)C3Cc4ccccc4O3)c2)ccc1OC(F)F. The molecule has 0 saturated heterocycles. The number of alkyl halides is 2. The summed E-state index contributed by atoms with van der Waals surface area (Å²) >= 11 is 0. The number of hydrogen-bond donors (Lipinski definition) is 2. The van der Waals surface area contributed by atoms with Gasteiger partial charge in [0.2, 0.25) is 0 Å². The van der Waals surface area contributed by atoms with Crippen molar-refractivity contribution in [2.45, 2.75) is 25.7 Å². The summed E-state index contributed by atoms with van der Waals surface area (Å²) in [5.74, 6) is 0.0686. The minimum Gasteiger partial charge on any atom is -0.493 e. The van der Waals surface area contributed by atoms with Crippen molar-refractivity contribution in [2.75, 3.05) is 12.4 Å². The van der Waals surface area contributed by atoms with Crippen LogP contribution in [0.4, 0.5) is 14.5 Å². The van der Waals surface area contributed by atoms with Gasteiger partial charge in [0.25, 0.3) is 11.8 Å². The van der Waals surface area contributed by atoms with E-state index in [1.165, 1.54) is 19.2 Å². The van der Waals surface area contributed by atoms with Crippen LogP contribution in [0.1, 0.15) is 21.5 Å². The summed E-state index contributed by atoms with van der Waals surface area (Å²) in [4.78, 5) is 25.2. The standard InChI is InChI=1S/C25H22F2N2O5/c1-32-21-11-15(9-10-20(21)34-25(26)27)14-28-23(30)17-6-4-7-18(12-17)29-24(31)22-13-16-5-2-3-8-19(16)33-22/h2-12,22,25H,13-14H2,1H3,(H,28,30)(H,29,31). The van der Waals surface area contributed by atoms with E-state index < -0.39 is 12.7 Å². The molecule has 1 unspecified atom stereocenters. The van der Waals surface area contributed by atoms with Crippen LogP contribution in [0.5, 0.6) is 17.2 Å². The highest BCUT2D eigenvalue weighted by Gasteiger charge is 2.28. The Kier molecular flexibility index (Phi) is 6.91. The van der Waals surface area contributed by atoms with Crippen molar-refractivity contribution in [1.29, 1.82) is 0 Å². The lowest BCUT2D eigenvalue weighted by molar-refractivity contribution is -0.122. The molecule has 7 nitrogen and oxygen atoms in total. The van der Waals surface area contributed by atoms with Crippen molar-refractivity contribution in [3.8, 4) is 17.2 Å². The molecule has 3 aromatic carbocycles. The molecule has 0 aromatic heterocycles. The van der Waals surface area contributed by atoms with Crippen LogP contribution < -0.4 is 24.8 Å². The molecule has 0 fully saturated rings. The lowest BCUT2D eigenvalue weighted by atomic mass is 10.1. The molecule has 0 aliphatic carbocycles. The Hall–Kier alpha value is -4.14. The van der Waals surface area contributed by atoms with E-state index in [0.29, 0.717) is 29.0 Å². The molecule has 0 radical (unpaired) electrons. The normalized spacial score (nSPS) is 14.2. The van der Waals surface area contributed by atoms with Gasteiger partial charge in [-0.25, -0.2) is 0 Å². The fourth-order valence-corrected chi connectivity index (χ4v) is 3.59. The molecule has 1 aliphatic heterocycles. The number of halogens is 2. The summed E-state index contributed by atoms with van der Waals surface area (Å²) in [5, 5.41) is 5.54. The van der Waals surface area contributed by atoms with Crippen molar-refractivity contribution in [2.24, 2.45) is 0 Å². The number of para-hydroxylation sites is 1. The van der Waals surface area contributed by atoms with Crippen LogP contribution in [-0.2, 0) is 17.8 Å². The van der Waals surface area contributed by atoms with Gasteiger partial charge < -0.3 is 24.8 Å². The molecule has 1 atom stereocenters. The first kappa shape index (κ1) is 23.0. The van der Waals surface area contributed by atoms with E-state index >= 15 is 0 Å². The summed E-state index contributed by atoms with van der Waals surface area (Å²) < 4.78 is 40.1. The summed E-state index contributed by atoms with van der Waals surface area (Å²) in [6.45, 7) is -2.84. The van der Waals surface area contributed by atoms with Gasteiger partial charge in [0.05, 0.1) is 7.11 Å². The number of fused-ring (bicyclic) bond motifs is 1. The first-order valence-electron chi connectivity index (χ1n) is 10.5. The molecule has 1 heterocycles. The topological polar surface area (TPSA) is 85.9 Å². The van der Waals surface area contributed by atoms with Crippen LogP contribution in [-0.4, -0.2) is 31.6 Å². The number of anilines is 1. The average Bonchev–Trinajstić information content (AvgIpc) is 3.27. The van der Waals surface area contributed by atoms with E-state index in [2.05, 4.69) is 15.4 Å². The van der Waals surface area contributed by atoms with Crippen LogP contribution in [0.25, 0.3) is 0 Å². The van der Waals surface area contributed by atoms with Crippen LogP contribution in [0, 0.1) is 0 Å². The monoisotopic (exact) mass is 468 g/mol. The zero-order valence-corrected chi connectivity index (χ0v) is 18.2. The maximum Gasteiger partial charge on any atom is 0.387 e. The number of benzene rings is 3. The zero-order chi connectivity index (χ0) is 24.1. The second-order valence-electron chi connectivity index (χ2n) is 7.53. The highest BCUT2D eigenvalue weighted by Crippen LogP contribution is 2.30. The molecule has 1 aliphatic rings. The number of ether oxygens (including phenoxy) is 3. The van der Waals surface area contributed by atoms with E-state index in [4.69, 9.17) is 9.47 Å². The Labute approximate surface area is 194 Å². The average molecular weight is 468 g/mol. The van der Waals surface area contributed by atoms with Crippen LogP contribution in [0.15, 0.2) is 66.7 Å². The quantitative estimate of drug-likeness (QED) is 0.518. The van der Waals surface area contributed by atoms with Gasteiger partial charge in [-0.1, -0.05) is 30.3 Å². The van der Waals surface area contributed by atoms with Gasteiger partial charge in [-0.05, 0) is 47.5 Å². The number of carbonyl (C=O) groups is 2. The molecule has 3 aromatic rings. The second kappa shape index (κ2) is 10.2. The van der Waals surface area contributed by atoms with Gasteiger partial charge in [0.15, 0.2) is 17.6 Å². The minimum absolute atomic E-state index is 0.0923. The molecule has 2 amide bonds. The second-order valence-corrected chi connectivity index (χ2v) is 7.53. The summed E-state index contributed by atoms with van der Waals surface area (Å²) in [6.07, 6.45) is -0.158. The van der Waals surface area contributed by atoms with Gasteiger partial charge in [0.1, 0.15) is 5.75 Å². The molecule has 9 heteroatoms. The lowest BCUT2D eigenvalue weighted by Crippen LogP contribution is -2.31. The van der Waals surface area contributed by atoms with E-state index in [9.17, 15) is 18.4 Å². The van der Waals surface area contributed by atoms with Crippen molar-refractivity contribution in [3.63, 3.8) is 0 Å². The molecular formula is C25H22F2N2O5. The Morgan fingerprint density at radius 1 is 1.06 bits per heavy atom. The summed E-state index contributed by atoms with van der Waals surface area (Å²) in [6, 6.07) is 18.4. The van der Waals surface area contributed by atoms with Crippen molar-refractivity contribution in [1.82, 2.24) is 5.32 Å². The lowest BCUT2D eigenvalue weighted by Gasteiger charge is -2.13. The highest BCUT2D eigenvalue weighted by molar-refractivity contribution is 5.98. The maximum absolute atomic E-state index is 12.6. The number of rotatable bonds is 8. The Bertz CT molecular complexity index is 1180. The molecule has 2 N–H and O–H groups in total. The molecule has 4 rings (SSSR count). The third-order valence-corrected chi connectivity index (χ3v) is 5.23. The Morgan fingerprint density at radius 2 is 1.88 bits per heavy atom. The molecule has 176 valence electrons. The van der Waals surface area contributed by atoms with E-state index in [1.54, 1.807) is 30.3 Å². The number of methoxy groups -OCH3 is 1. The summed E-state index contributed by atoms with van der Waals surface area (Å²) in [5.41, 5.74) is 2.42. The van der Waals surface area contributed by atoms with Crippen LogP contribution in [0.3, 0.4) is 0 Å². The number of hydrogen-bond acceptors (Lipinski definition) is 5. The Balaban J connectivity index is 1.35. The molecule has 0 saturated carbocycles. The van der Waals surface area contributed by atoms with Gasteiger partial charge in [0, 0.05) is 24.2 Å². The van der Waals surface area contributed by atoms with Crippen molar-refractivity contribution in [3.05, 3.63) is 83.4 Å². The minimum atomic E-state index is -2.97. The third kappa shape index (κ3) is 5.43. The molecule has 0 bridgehead atoms. The Morgan fingerprint density at radius 3 is 2.65 bits per heavy atom. The zero-order valence-electron chi connectivity index (χ0n) is 18.2. The van der Waals surface area contributed by atoms with E-state index in [1.807, 2.05) is 24.3 Å². The third-order valence-electron chi connectivity index (χ3n) is 5.23. The molecular weight excluding hydrogens is 446 g/mol. The van der Waals surface area contributed by atoms with Crippen LogP contribution >= 0.6 is 0 Å². The fourth-order valence-electron chi connectivity index (χ4n) is 3.59. The van der Waals surface area contributed by atoms with Gasteiger partial charge >= 0.3 is 6.61 Å².